The van der Waals surface area contributed by atoms with Crippen molar-refractivity contribution in [3.63, 3.8) is 0 Å². The van der Waals surface area contributed by atoms with Crippen molar-refractivity contribution in [1.82, 2.24) is 10.3 Å². The molecular weight excluding hydrogens is 330 g/mol. The SMILES string of the molecule is COc1cccc(N(CCNC(=O)c2cccnc2)S(C)(=O)=O)c1. The summed E-state index contributed by atoms with van der Waals surface area (Å²) in [5.74, 6) is 0.253. The van der Waals surface area contributed by atoms with Crippen LogP contribution in [-0.4, -0.2) is 45.8 Å². The molecule has 1 N–H and O–H groups in total. The Morgan fingerprint density at radius 3 is 2.71 bits per heavy atom. The second-order valence-electron chi connectivity index (χ2n) is 5.03. The van der Waals surface area contributed by atoms with E-state index in [-0.39, 0.29) is 19.0 Å². The fourth-order valence-corrected chi connectivity index (χ4v) is 3.04. The number of amides is 1. The van der Waals surface area contributed by atoms with Gasteiger partial charge in [-0.15, -0.1) is 0 Å². The minimum absolute atomic E-state index is 0.109. The third-order valence-electron chi connectivity index (χ3n) is 3.27. The average molecular weight is 349 g/mol. The first-order chi connectivity index (χ1) is 11.4. The molecule has 1 amide bonds. The number of methoxy groups -OCH3 is 1. The molecule has 0 aliphatic carbocycles. The Kier molecular flexibility index (Phi) is 5.75. The van der Waals surface area contributed by atoms with Crippen LogP contribution in [0.25, 0.3) is 0 Å². The van der Waals surface area contributed by atoms with E-state index in [0.717, 1.165) is 6.26 Å². The van der Waals surface area contributed by atoms with Gasteiger partial charge in [-0.05, 0) is 24.3 Å². The number of rotatable bonds is 7. The van der Waals surface area contributed by atoms with Crippen molar-refractivity contribution >= 4 is 21.6 Å². The summed E-state index contributed by atoms with van der Waals surface area (Å²) in [6, 6.07) is 10.0. The molecule has 7 nitrogen and oxygen atoms in total. The van der Waals surface area contributed by atoms with Gasteiger partial charge in [0.25, 0.3) is 5.91 Å². The number of benzene rings is 1. The molecule has 2 rings (SSSR count). The Morgan fingerprint density at radius 1 is 1.29 bits per heavy atom. The van der Waals surface area contributed by atoms with Crippen molar-refractivity contribution in [2.45, 2.75) is 0 Å². The van der Waals surface area contributed by atoms with Crippen molar-refractivity contribution in [3.05, 3.63) is 54.4 Å². The summed E-state index contributed by atoms with van der Waals surface area (Å²) in [6.45, 7) is 0.274. The molecule has 0 spiro atoms. The molecule has 1 aromatic heterocycles. The predicted octanol–water partition coefficient (Wildman–Crippen LogP) is 1.29. The van der Waals surface area contributed by atoms with E-state index in [4.69, 9.17) is 4.74 Å². The predicted molar refractivity (Wildman–Crippen MR) is 91.8 cm³/mol. The highest BCUT2D eigenvalue weighted by atomic mass is 32.2. The Bertz CT molecular complexity index is 794. The lowest BCUT2D eigenvalue weighted by molar-refractivity contribution is 0.0954. The Balaban J connectivity index is 2.06. The molecule has 2 aromatic rings. The van der Waals surface area contributed by atoms with Crippen LogP contribution in [0.15, 0.2) is 48.8 Å². The highest BCUT2D eigenvalue weighted by Crippen LogP contribution is 2.22. The molecule has 0 fully saturated rings. The number of hydrogen-bond acceptors (Lipinski definition) is 5. The summed E-state index contributed by atoms with van der Waals surface area (Å²) in [4.78, 5) is 15.8. The number of nitrogens with zero attached hydrogens (tertiary/aromatic N) is 2. The molecule has 8 heteroatoms. The first-order valence-electron chi connectivity index (χ1n) is 7.22. The number of nitrogens with one attached hydrogen (secondary N) is 1. The van der Waals surface area contributed by atoms with Gasteiger partial charge in [0.2, 0.25) is 10.0 Å². The summed E-state index contributed by atoms with van der Waals surface area (Å²) in [5.41, 5.74) is 0.900. The monoisotopic (exact) mass is 349 g/mol. The normalized spacial score (nSPS) is 10.9. The van der Waals surface area contributed by atoms with Crippen LogP contribution >= 0.6 is 0 Å². The van der Waals surface area contributed by atoms with E-state index in [2.05, 4.69) is 10.3 Å². The number of pyridine rings is 1. The highest BCUT2D eigenvalue weighted by molar-refractivity contribution is 7.92. The number of aromatic nitrogens is 1. The van der Waals surface area contributed by atoms with Gasteiger partial charge in [-0.1, -0.05) is 6.07 Å². The zero-order valence-corrected chi connectivity index (χ0v) is 14.3. The van der Waals surface area contributed by atoms with Crippen molar-refractivity contribution in [3.8, 4) is 5.75 Å². The van der Waals surface area contributed by atoms with Crippen molar-refractivity contribution in [1.29, 1.82) is 0 Å². The molecule has 0 aliphatic rings. The van der Waals surface area contributed by atoms with E-state index >= 15 is 0 Å². The third-order valence-corrected chi connectivity index (χ3v) is 4.46. The standard InChI is InChI=1S/C16H19N3O4S/c1-23-15-7-3-6-14(11-15)19(24(2,21)22)10-9-18-16(20)13-5-4-8-17-12-13/h3-8,11-12H,9-10H2,1-2H3,(H,18,20). The van der Waals surface area contributed by atoms with E-state index in [1.165, 1.54) is 17.6 Å². The lowest BCUT2D eigenvalue weighted by atomic mass is 10.2. The summed E-state index contributed by atoms with van der Waals surface area (Å²) in [5, 5.41) is 2.68. The van der Waals surface area contributed by atoms with Gasteiger partial charge in [-0.2, -0.15) is 0 Å². The molecule has 0 saturated heterocycles. The second kappa shape index (κ2) is 7.78. The van der Waals surface area contributed by atoms with E-state index < -0.39 is 10.0 Å². The van der Waals surface area contributed by atoms with Gasteiger partial charge in [-0.3, -0.25) is 14.1 Å². The van der Waals surface area contributed by atoms with Gasteiger partial charge in [0.1, 0.15) is 5.75 Å². The lowest BCUT2D eigenvalue weighted by Gasteiger charge is -2.23. The number of anilines is 1. The molecule has 0 atom stereocenters. The molecule has 128 valence electrons. The molecule has 0 aliphatic heterocycles. The number of carbonyl (C=O) groups excluding carboxylic acids is 1. The van der Waals surface area contributed by atoms with Crippen LogP contribution in [0, 0.1) is 0 Å². The molecule has 0 radical (unpaired) electrons. The lowest BCUT2D eigenvalue weighted by Crippen LogP contribution is -2.38. The maximum Gasteiger partial charge on any atom is 0.252 e. The third kappa shape index (κ3) is 4.69. The Labute approximate surface area is 141 Å². The summed E-state index contributed by atoms with van der Waals surface area (Å²) < 4.78 is 30.4. The first-order valence-corrected chi connectivity index (χ1v) is 9.06. The van der Waals surface area contributed by atoms with Gasteiger partial charge >= 0.3 is 0 Å². The highest BCUT2D eigenvalue weighted by Gasteiger charge is 2.18. The molecule has 0 bridgehead atoms. The van der Waals surface area contributed by atoms with Crippen LogP contribution < -0.4 is 14.4 Å². The van der Waals surface area contributed by atoms with Crippen LogP contribution in [0.3, 0.4) is 0 Å². The zero-order chi connectivity index (χ0) is 17.6. The second-order valence-corrected chi connectivity index (χ2v) is 6.94. The number of hydrogen-bond donors (Lipinski definition) is 1. The molecule has 0 saturated carbocycles. The minimum Gasteiger partial charge on any atom is -0.497 e. The average Bonchev–Trinajstić information content (AvgIpc) is 2.58. The quantitative estimate of drug-likeness (QED) is 0.814. The Hall–Kier alpha value is -2.61. The van der Waals surface area contributed by atoms with Gasteiger partial charge in [0.05, 0.1) is 31.2 Å². The van der Waals surface area contributed by atoms with Crippen LogP contribution in [0.1, 0.15) is 10.4 Å². The van der Waals surface area contributed by atoms with E-state index in [0.29, 0.717) is 17.0 Å². The van der Waals surface area contributed by atoms with Gasteiger partial charge in [-0.25, -0.2) is 8.42 Å². The van der Waals surface area contributed by atoms with Gasteiger partial charge in [0.15, 0.2) is 0 Å². The summed E-state index contributed by atoms with van der Waals surface area (Å²) in [6.07, 6.45) is 4.14. The molecular formula is C16H19N3O4S. The summed E-state index contributed by atoms with van der Waals surface area (Å²) >= 11 is 0. The van der Waals surface area contributed by atoms with Gasteiger partial charge in [0, 0.05) is 25.0 Å². The smallest absolute Gasteiger partial charge is 0.252 e. The largest absolute Gasteiger partial charge is 0.497 e. The van der Waals surface area contributed by atoms with E-state index in [1.807, 2.05) is 0 Å². The van der Waals surface area contributed by atoms with Crippen molar-refractivity contribution in [2.24, 2.45) is 0 Å². The Morgan fingerprint density at radius 2 is 2.08 bits per heavy atom. The topological polar surface area (TPSA) is 88.6 Å². The van der Waals surface area contributed by atoms with Crippen molar-refractivity contribution < 1.29 is 17.9 Å². The maximum atomic E-state index is 12.0. The van der Waals surface area contributed by atoms with E-state index in [9.17, 15) is 13.2 Å². The first kappa shape index (κ1) is 17.7. The number of sulfonamides is 1. The number of carbonyl (C=O) groups is 1. The van der Waals surface area contributed by atoms with Gasteiger partial charge < -0.3 is 10.1 Å². The van der Waals surface area contributed by atoms with E-state index in [1.54, 1.807) is 42.6 Å². The maximum absolute atomic E-state index is 12.0. The fraction of sp³-hybridized carbons (Fsp3) is 0.250. The van der Waals surface area contributed by atoms with Crippen LogP contribution in [0.5, 0.6) is 5.75 Å². The fourth-order valence-electron chi connectivity index (χ4n) is 2.12. The zero-order valence-electron chi connectivity index (χ0n) is 13.5. The number of ether oxygens (including phenoxy) is 1. The molecule has 24 heavy (non-hydrogen) atoms. The molecule has 1 heterocycles. The minimum atomic E-state index is -3.49. The van der Waals surface area contributed by atoms with Crippen LogP contribution in [-0.2, 0) is 10.0 Å². The van der Waals surface area contributed by atoms with Crippen molar-refractivity contribution in [2.75, 3.05) is 30.8 Å². The molecule has 1 aromatic carbocycles. The summed E-state index contributed by atoms with van der Waals surface area (Å²) in [7, 11) is -1.98. The molecule has 0 unspecified atom stereocenters. The van der Waals surface area contributed by atoms with Crippen LogP contribution in [0.4, 0.5) is 5.69 Å². The van der Waals surface area contributed by atoms with Crippen LogP contribution in [0.2, 0.25) is 0 Å².